The number of nitrogens with zero attached hydrogens (tertiary/aromatic N) is 2. The molecule has 142 valence electrons. The zero-order valence-corrected chi connectivity index (χ0v) is 15.7. The van der Waals surface area contributed by atoms with E-state index >= 15 is 0 Å². The molecule has 6 heteroatoms. The number of nitrogens with one attached hydrogen (secondary N) is 1. The molecule has 1 aliphatic rings. The third-order valence-corrected chi connectivity index (χ3v) is 4.64. The van der Waals surface area contributed by atoms with E-state index in [4.69, 9.17) is 4.74 Å². The van der Waals surface area contributed by atoms with Crippen molar-refractivity contribution in [2.24, 2.45) is 0 Å². The lowest BCUT2D eigenvalue weighted by Gasteiger charge is -2.37. The van der Waals surface area contributed by atoms with Crippen LogP contribution in [0, 0.1) is 0 Å². The Morgan fingerprint density at radius 3 is 2.59 bits per heavy atom. The highest BCUT2D eigenvalue weighted by Crippen LogP contribution is 2.32. The molecule has 2 aromatic carbocycles. The summed E-state index contributed by atoms with van der Waals surface area (Å²) in [6, 6.07) is 16.8. The van der Waals surface area contributed by atoms with Crippen molar-refractivity contribution in [1.82, 2.24) is 10.2 Å². The number of amides is 2. The molecule has 0 spiro atoms. The molecule has 0 radical (unpaired) electrons. The molecule has 6 nitrogen and oxygen atoms in total. The van der Waals surface area contributed by atoms with E-state index < -0.39 is 0 Å². The molecule has 0 fully saturated rings. The van der Waals surface area contributed by atoms with Gasteiger partial charge in [-0.3, -0.25) is 9.59 Å². The minimum absolute atomic E-state index is 0.0367. The summed E-state index contributed by atoms with van der Waals surface area (Å²) in [6.45, 7) is 4.13. The summed E-state index contributed by atoms with van der Waals surface area (Å²) in [4.78, 5) is 28.3. The fourth-order valence-electron chi connectivity index (χ4n) is 3.16. The number of para-hydroxylation sites is 2. The van der Waals surface area contributed by atoms with E-state index in [2.05, 4.69) is 17.1 Å². The lowest BCUT2D eigenvalue weighted by atomic mass is 10.2. The van der Waals surface area contributed by atoms with Gasteiger partial charge in [0.2, 0.25) is 5.91 Å². The summed E-state index contributed by atoms with van der Waals surface area (Å²) in [7, 11) is 1.73. The van der Waals surface area contributed by atoms with Gasteiger partial charge in [-0.2, -0.15) is 0 Å². The van der Waals surface area contributed by atoms with Crippen LogP contribution in [0.3, 0.4) is 0 Å². The SMILES string of the molecule is CCN1C[C@@H](CN(C)C(=O)CNC(=O)c2ccccc2)Oc2ccccc21. The van der Waals surface area contributed by atoms with E-state index in [1.54, 1.807) is 36.2 Å². The van der Waals surface area contributed by atoms with Crippen molar-refractivity contribution in [3.8, 4) is 5.75 Å². The number of hydrogen-bond acceptors (Lipinski definition) is 4. The molecule has 1 heterocycles. The van der Waals surface area contributed by atoms with Crippen LogP contribution < -0.4 is 15.0 Å². The minimum atomic E-state index is -0.252. The lowest BCUT2D eigenvalue weighted by molar-refractivity contribution is -0.129. The average Bonchev–Trinajstić information content (AvgIpc) is 2.71. The van der Waals surface area contributed by atoms with Gasteiger partial charge in [-0.05, 0) is 31.2 Å². The first-order valence-electron chi connectivity index (χ1n) is 9.16. The van der Waals surface area contributed by atoms with Crippen LogP contribution >= 0.6 is 0 Å². The zero-order chi connectivity index (χ0) is 19.2. The highest BCUT2D eigenvalue weighted by molar-refractivity contribution is 5.96. The van der Waals surface area contributed by atoms with Crippen molar-refractivity contribution in [3.63, 3.8) is 0 Å². The van der Waals surface area contributed by atoms with E-state index in [0.29, 0.717) is 12.1 Å². The van der Waals surface area contributed by atoms with Gasteiger partial charge in [0.05, 0.1) is 25.3 Å². The Kier molecular flexibility index (Phi) is 5.96. The van der Waals surface area contributed by atoms with E-state index in [9.17, 15) is 9.59 Å². The van der Waals surface area contributed by atoms with Crippen LogP contribution in [-0.2, 0) is 4.79 Å². The molecule has 0 unspecified atom stereocenters. The van der Waals surface area contributed by atoms with Gasteiger partial charge in [-0.15, -0.1) is 0 Å². The Labute approximate surface area is 159 Å². The van der Waals surface area contributed by atoms with Crippen molar-refractivity contribution >= 4 is 17.5 Å². The molecule has 27 heavy (non-hydrogen) atoms. The first-order chi connectivity index (χ1) is 13.1. The van der Waals surface area contributed by atoms with Crippen molar-refractivity contribution in [3.05, 3.63) is 60.2 Å². The number of carbonyl (C=O) groups is 2. The first kappa shape index (κ1) is 18.8. The van der Waals surface area contributed by atoms with Gasteiger partial charge < -0.3 is 19.9 Å². The van der Waals surface area contributed by atoms with Gasteiger partial charge in [-0.1, -0.05) is 30.3 Å². The standard InChI is InChI=1S/C21H25N3O3/c1-3-24-15-17(27-19-12-8-7-11-18(19)24)14-23(2)20(25)13-22-21(26)16-9-5-4-6-10-16/h4-12,17H,3,13-15H2,1-2H3,(H,22,26)/t17-/m1/s1. The Morgan fingerprint density at radius 2 is 1.85 bits per heavy atom. The van der Waals surface area contributed by atoms with Crippen LogP contribution in [0.1, 0.15) is 17.3 Å². The smallest absolute Gasteiger partial charge is 0.251 e. The largest absolute Gasteiger partial charge is 0.485 e. The maximum Gasteiger partial charge on any atom is 0.251 e. The van der Waals surface area contributed by atoms with Gasteiger partial charge in [-0.25, -0.2) is 0 Å². The van der Waals surface area contributed by atoms with E-state index in [1.807, 2.05) is 30.3 Å². The van der Waals surface area contributed by atoms with Gasteiger partial charge >= 0.3 is 0 Å². The van der Waals surface area contributed by atoms with E-state index in [1.165, 1.54) is 0 Å². The molecule has 3 rings (SSSR count). The van der Waals surface area contributed by atoms with Crippen LogP contribution in [-0.4, -0.2) is 56.0 Å². The molecule has 1 N–H and O–H groups in total. The number of benzene rings is 2. The van der Waals surface area contributed by atoms with Gasteiger partial charge in [0.1, 0.15) is 11.9 Å². The normalized spacial score (nSPS) is 15.5. The van der Waals surface area contributed by atoms with Crippen LogP contribution in [0.15, 0.2) is 54.6 Å². The predicted molar refractivity (Wildman–Crippen MR) is 105 cm³/mol. The Bertz CT molecular complexity index is 794. The Hall–Kier alpha value is -3.02. The van der Waals surface area contributed by atoms with Gasteiger partial charge in [0.25, 0.3) is 5.91 Å². The third-order valence-electron chi connectivity index (χ3n) is 4.64. The van der Waals surface area contributed by atoms with Crippen molar-refractivity contribution in [2.75, 3.05) is 38.1 Å². The number of hydrogen-bond donors (Lipinski definition) is 1. The zero-order valence-electron chi connectivity index (χ0n) is 15.7. The van der Waals surface area contributed by atoms with Crippen LogP contribution in [0.5, 0.6) is 5.75 Å². The molecule has 0 saturated carbocycles. The molecule has 0 saturated heterocycles. The van der Waals surface area contributed by atoms with E-state index in [0.717, 1.165) is 24.5 Å². The number of carbonyl (C=O) groups excluding carboxylic acids is 2. The summed E-state index contributed by atoms with van der Waals surface area (Å²) in [5.74, 6) is 0.441. The summed E-state index contributed by atoms with van der Waals surface area (Å²) in [5.41, 5.74) is 1.62. The molecule has 0 bridgehead atoms. The number of rotatable bonds is 6. The van der Waals surface area contributed by atoms with Crippen molar-refractivity contribution in [2.45, 2.75) is 13.0 Å². The maximum absolute atomic E-state index is 12.4. The molecule has 0 aromatic heterocycles. The van der Waals surface area contributed by atoms with Crippen LogP contribution in [0.2, 0.25) is 0 Å². The summed E-state index contributed by atoms with van der Waals surface area (Å²) < 4.78 is 6.06. The van der Waals surface area contributed by atoms with E-state index in [-0.39, 0.29) is 24.5 Å². The summed E-state index contributed by atoms with van der Waals surface area (Å²) >= 11 is 0. The maximum atomic E-state index is 12.4. The third kappa shape index (κ3) is 4.58. The van der Waals surface area contributed by atoms with Crippen LogP contribution in [0.25, 0.3) is 0 Å². The highest BCUT2D eigenvalue weighted by Gasteiger charge is 2.26. The molecule has 2 aromatic rings. The molecular formula is C21H25N3O3. The Balaban J connectivity index is 1.53. The topological polar surface area (TPSA) is 61.9 Å². The second-order valence-electron chi connectivity index (χ2n) is 6.57. The fourth-order valence-corrected chi connectivity index (χ4v) is 3.16. The number of ether oxygens (including phenoxy) is 1. The number of fused-ring (bicyclic) bond motifs is 1. The highest BCUT2D eigenvalue weighted by atomic mass is 16.5. The number of likely N-dealkylation sites (N-methyl/N-ethyl adjacent to an activating group) is 2. The monoisotopic (exact) mass is 367 g/mol. The molecular weight excluding hydrogens is 342 g/mol. The average molecular weight is 367 g/mol. The number of anilines is 1. The molecule has 1 aliphatic heterocycles. The fraction of sp³-hybridized carbons (Fsp3) is 0.333. The molecule has 1 atom stereocenters. The lowest BCUT2D eigenvalue weighted by Crippen LogP contribution is -2.48. The van der Waals surface area contributed by atoms with Gasteiger partial charge in [0.15, 0.2) is 0 Å². The predicted octanol–water partition coefficient (Wildman–Crippen LogP) is 2.16. The second-order valence-corrected chi connectivity index (χ2v) is 6.57. The van der Waals surface area contributed by atoms with Crippen molar-refractivity contribution in [1.29, 1.82) is 0 Å². The minimum Gasteiger partial charge on any atom is -0.485 e. The quantitative estimate of drug-likeness (QED) is 0.850. The summed E-state index contributed by atoms with van der Waals surface area (Å²) in [6.07, 6.45) is -0.112. The molecule has 0 aliphatic carbocycles. The Morgan fingerprint density at radius 1 is 1.15 bits per heavy atom. The summed E-state index contributed by atoms with van der Waals surface area (Å²) in [5, 5.41) is 2.67. The van der Waals surface area contributed by atoms with Crippen LogP contribution in [0.4, 0.5) is 5.69 Å². The van der Waals surface area contributed by atoms with Gasteiger partial charge in [0, 0.05) is 19.2 Å². The first-order valence-corrected chi connectivity index (χ1v) is 9.16. The second kappa shape index (κ2) is 8.58. The van der Waals surface area contributed by atoms with Crippen molar-refractivity contribution < 1.29 is 14.3 Å². The molecule has 2 amide bonds.